The molecule has 1 aromatic carbocycles. The summed E-state index contributed by atoms with van der Waals surface area (Å²) in [5.74, 6) is 0.300. The Labute approximate surface area is 84.9 Å². The third-order valence-corrected chi connectivity index (χ3v) is 2.13. The Morgan fingerprint density at radius 1 is 1.43 bits per heavy atom. The Morgan fingerprint density at radius 2 is 2.21 bits per heavy atom. The largest absolute Gasteiger partial charge is 0.507 e. The van der Waals surface area contributed by atoms with Crippen LogP contribution in [0.4, 0.5) is 5.69 Å². The molecule has 1 heterocycles. The molecule has 0 amide bonds. The van der Waals surface area contributed by atoms with Crippen LogP contribution in [0.25, 0.3) is 11.3 Å². The van der Waals surface area contributed by atoms with E-state index in [1.807, 2.05) is 0 Å². The molecule has 0 aliphatic heterocycles. The van der Waals surface area contributed by atoms with Crippen LogP contribution in [0.15, 0.2) is 28.9 Å². The molecule has 0 spiro atoms. The lowest BCUT2D eigenvalue weighted by Gasteiger charge is -2.03. The van der Waals surface area contributed by atoms with E-state index >= 15 is 0 Å². The maximum absolute atomic E-state index is 9.56. The zero-order chi connectivity index (χ0) is 10.1. The first-order valence-electron chi connectivity index (χ1n) is 3.88. The molecule has 2 aromatic rings. The van der Waals surface area contributed by atoms with Gasteiger partial charge in [0.15, 0.2) is 5.76 Å². The fraction of sp³-hybridized carbons (Fsp3) is 0. The molecule has 0 radical (unpaired) electrons. The van der Waals surface area contributed by atoms with Crippen molar-refractivity contribution >= 4 is 17.3 Å². The number of benzene rings is 1. The number of anilines is 1. The molecular weight excluding hydrogens is 204 g/mol. The van der Waals surface area contributed by atoms with E-state index in [1.54, 1.807) is 12.1 Å². The van der Waals surface area contributed by atoms with Gasteiger partial charge in [0.05, 0.1) is 16.8 Å². The molecule has 0 bridgehead atoms. The van der Waals surface area contributed by atoms with Crippen molar-refractivity contribution in [1.29, 1.82) is 0 Å². The van der Waals surface area contributed by atoms with Gasteiger partial charge in [-0.05, 0) is 12.1 Å². The van der Waals surface area contributed by atoms with Gasteiger partial charge in [0.1, 0.15) is 11.4 Å². The van der Waals surface area contributed by atoms with Crippen LogP contribution in [-0.2, 0) is 0 Å². The molecule has 0 unspecified atom stereocenters. The van der Waals surface area contributed by atoms with E-state index in [4.69, 9.17) is 21.9 Å². The van der Waals surface area contributed by atoms with Crippen LogP contribution in [0.2, 0.25) is 5.02 Å². The van der Waals surface area contributed by atoms with E-state index < -0.39 is 0 Å². The zero-order valence-electron chi connectivity index (χ0n) is 7.07. The minimum absolute atomic E-state index is 0.0148. The lowest BCUT2D eigenvalue weighted by Crippen LogP contribution is -1.86. The van der Waals surface area contributed by atoms with E-state index in [9.17, 15) is 5.11 Å². The number of aromatic hydroxyl groups is 1. The summed E-state index contributed by atoms with van der Waals surface area (Å²) in [5.41, 5.74) is 6.29. The Morgan fingerprint density at radius 3 is 2.79 bits per heavy atom. The van der Waals surface area contributed by atoms with Crippen molar-refractivity contribution in [2.24, 2.45) is 0 Å². The first kappa shape index (κ1) is 8.90. The Bertz CT molecular complexity index is 447. The molecule has 1 aromatic heterocycles. The normalized spacial score (nSPS) is 10.4. The smallest absolute Gasteiger partial charge is 0.194 e. The maximum atomic E-state index is 9.56. The number of phenolic OH excluding ortho intramolecular Hbond substituents is 1. The van der Waals surface area contributed by atoms with Crippen LogP contribution in [0, 0.1) is 0 Å². The van der Waals surface area contributed by atoms with Crippen molar-refractivity contribution in [3.05, 3.63) is 29.4 Å². The average molecular weight is 211 g/mol. The molecule has 0 atom stereocenters. The summed E-state index contributed by atoms with van der Waals surface area (Å²) < 4.78 is 4.89. The number of aromatic nitrogens is 1. The van der Waals surface area contributed by atoms with Gasteiger partial charge in [-0.15, -0.1) is 0 Å². The number of hydrogen-bond acceptors (Lipinski definition) is 4. The molecule has 3 N–H and O–H groups in total. The van der Waals surface area contributed by atoms with E-state index in [2.05, 4.69) is 5.16 Å². The van der Waals surface area contributed by atoms with Gasteiger partial charge in [-0.2, -0.15) is 0 Å². The quantitative estimate of drug-likeness (QED) is 0.758. The van der Waals surface area contributed by atoms with E-state index in [-0.39, 0.29) is 11.5 Å². The van der Waals surface area contributed by atoms with Crippen molar-refractivity contribution in [2.45, 2.75) is 0 Å². The van der Waals surface area contributed by atoms with Crippen molar-refractivity contribution in [2.75, 3.05) is 5.73 Å². The van der Waals surface area contributed by atoms with E-state index in [0.29, 0.717) is 16.3 Å². The number of phenols is 1. The van der Waals surface area contributed by atoms with E-state index in [1.165, 1.54) is 12.3 Å². The second-order valence-corrected chi connectivity index (χ2v) is 3.15. The summed E-state index contributed by atoms with van der Waals surface area (Å²) >= 11 is 5.89. The molecule has 0 aliphatic rings. The second kappa shape index (κ2) is 3.23. The zero-order valence-corrected chi connectivity index (χ0v) is 7.82. The molecule has 72 valence electrons. The molecule has 0 aliphatic carbocycles. The van der Waals surface area contributed by atoms with Gasteiger partial charge < -0.3 is 15.4 Å². The average Bonchev–Trinajstić information content (AvgIpc) is 2.52. The Hall–Kier alpha value is -1.68. The number of nitrogens with two attached hydrogens (primary N) is 1. The molecule has 2 rings (SSSR count). The molecule has 0 fully saturated rings. The number of hydrogen-bond donors (Lipinski definition) is 2. The molecule has 14 heavy (non-hydrogen) atoms. The van der Waals surface area contributed by atoms with Crippen LogP contribution < -0.4 is 5.73 Å². The van der Waals surface area contributed by atoms with Gasteiger partial charge in [-0.3, -0.25) is 0 Å². The Kier molecular flexibility index (Phi) is 2.05. The monoisotopic (exact) mass is 210 g/mol. The standard InChI is InChI=1S/C9H7ClN2O2/c10-5-2-1-3-7(13)8(5)9-6(11)4-12-14-9/h1-4,13H,11H2. The molecule has 0 saturated heterocycles. The molecule has 4 nitrogen and oxygen atoms in total. The predicted octanol–water partition coefficient (Wildman–Crippen LogP) is 2.28. The van der Waals surface area contributed by atoms with Crippen LogP contribution >= 0.6 is 11.6 Å². The van der Waals surface area contributed by atoms with Gasteiger partial charge in [-0.1, -0.05) is 22.8 Å². The van der Waals surface area contributed by atoms with Crippen molar-refractivity contribution < 1.29 is 9.63 Å². The third-order valence-electron chi connectivity index (χ3n) is 1.82. The van der Waals surface area contributed by atoms with Crippen LogP contribution in [0.5, 0.6) is 5.75 Å². The number of rotatable bonds is 1. The number of nitrogens with zero attached hydrogens (tertiary/aromatic N) is 1. The summed E-state index contributed by atoms with van der Waals surface area (Å²) in [5, 5.41) is 13.4. The van der Waals surface area contributed by atoms with Gasteiger partial charge >= 0.3 is 0 Å². The van der Waals surface area contributed by atoms with Gasteiger partial charge in [-0.25, -0.2) is 0 Å². The molecule has 0 saturated carbocycles. The molecular formula is C9H7ClN2O2. The van der Waals surface area contributed by atoms with Crippen molar-refractivity contribution in [1.82, 2.24) is 5.16 Å². The van der Waals surface area contributed by atoms with Crippen molar-refractivity contribution in [3.63, 3.8) is 0 Å². The van der Waals surface area contributed by atoms with Gasteiger partial charge in [0.2, 0.25) is 0 Å². The number of halogens is 1. The highest BCUT2D eigenvalue weighted by Gasteiger charge is 2.15. The fourth-order valence-electron chi connectivity index (χ4n) is 1.17. The predicted molar refractivity (Wildman–Crippen MR) is 53.0 cm³/mol. The maximum Gasteiger partial charge on any atom is 0.194 e. The highest BCUT2D eigenvalue weighted by molar-refractivity contribution is 6.33. The van der Waals surface area contributed by atoms with Crippen LogP contribution in [-0.4, -0.2) is 10.3 Å². The summed E-state index contributed by atoms with van der Waals surface area (Å²) in [6.45, 7) is 0. The lowest BCUT2D eigenvalue weighted by molar-refractivity contribution is 0.426. The molecule has 5 heteroatoms. The summed E-state index contributed by atoms with van der Waals surface area (Å²) in [6, 6.07) is 4.77. The van der Waals surface area contributed by atoms with Gasteiger partial charge in [0, 0.05) is 0 Å². The summed E-state index contributed by atoms with van der Waals surface area (Å²) in [6.07, 6.45) is 1.36. The van der Waals surface area contributed by atoms with E-state index in [0.717, 1.165) is 0 Å². The third kappa shape index (κ3) is 1.29. The van der Waals surface area contributed by atoms with Crippen molar-refractivity contribution in [3.8, 4) is 17.1 Å². The highest BCUT2D eigenvalue weighted by atomic mass is 35.5. The Balaban J connectivity index is 2.68. The number of nitrogen functional groups attached to an aromatic ring is 1. The topological polar surface area (TPSA) is 72.3 Å². The van der Waals surface area contributed by atoms with Crippen LogP contribution in [0.1, 0.15) is 0 Å². The fourth-order valence-corrected chi connectivity index (χ4v) is 1.43. The summed E-state index contributed by atoms with van der Waals surface area (Å²) in [7, 11) is 0. The van der Waals surface area contributed by atoms with Gasteiger partial charge in [0.25, 0.3) is 0 Å². The first-order valence-corrected chi connectivity index (χ1v) is 4.26. The second-order valence-electron chi connectivity index (χ2n) is 2.74. The minimum Gasteiger partial charge on any atom is -0.507 e. The summed E-state index contributed by atoms with van der Waals surface area (Å²) in [4.78, 5) is 0. The SMILES string of the molecule is Nc1cnoc1-c1c(O)cccc1Cl. The minimum atomic E-state index is 0.0148. The first-order chi connectivity index (χ1) is 6.70. The highest BCUT2D eigenvalue weighted by Crippen LogP contribution is 2.38. The van der Waals surface area contributed by atoms with Crippen LogP contribution in [0.3, 0.4) is 0 Å². The lowest BCUT2D eigenvalue weighted by atomic mass is 10.1.